The van der Waals surface area contributed by atoms with Crippen molar-refractivity contribution < 1.29 is 8.83 Å². The van der Waals surface area contributed by atoms with Crippen LogP contribution in [0.3, 0.4) is 0 Å². The highest BCUT2D eigenvalue weighted by molar-refractivity contribution is 5.70. The van der Waals surface area contributed by atoms with E-state index < -0.39 is 0 Å². The molecular formula is C21H16O2. The molecule has 0 aliphatic heterocycles. The van der Waals surface area contributed by atoms with Crippen molar-refractivity contribution in [2.24, 2.45) is 0 Å². The first kappa shape index (κ1) is 13.6. The Morgan fingerprint density at radius 2 is 1.22 bits per heavy atom. The number of benzene rings is 2. The van der Waals surface area contributed by atoms with Crippen molar-refractivity contribution in [1.82, 2.24) is 0 Å². The van der Waals surface area contributed by atoms with E-state index in [2.05, 4.69) is 48.5 Å². The summed E-state index contributed by atoms with van der Waals surface area (Å²) in [6, 6.07) is 23.0. The van der Waals surface area contributed by atoms with Gasteiger partial charge in [-0.1, -0.05) is 54.6 Å². The van der Waals surface area contributed by atoms with Gasteiger partial charge in [-0.3, -0.25) is 0 Å². The van der Waals surface area contributed by atoms with Crippen LogP contribution < -0.4 is 0 Å². The zero-order valence-electron chi connectivity index (χ0n) is 12.6. The second-order valence-electron chi connectivity index (χ2n) is 5.50. The van der Waals surface area contributed by atoms with Gasteiger partial charge in [-0.2, -0.15) is 0 Å². The highest BCUT2D eigenvalue weighted by Crippen LogP contribution is 2.38. The van der Waals surface area contributed by atoms with E-state index in [4.69, 9.17) is 8.83 Å². The summed E-state index contributed by atoms with van der Waals surface area (Å²) < 4.78 is 10.7. The van der Waals surface area contributed by atoms with E-state index in [1.807, 2.05) is 18.2 Å². The summed E-state index contributed by atoms with van der Waals surface area (Å²) in [6.45, 7) is 0. The molecule has 0 unspecified atom stereocenters. The summed E-state index contributed by atoms with van der Waals surface area (Å²) in [5, 5.41) is 0. The molecule has 0 fully saturated rings. The molecule has 4 aromatic rings. The second kappa shape index (κ2) is 6.01. The minimum Gasteiger partial charge on any atom is -0.472 e. The van der Waals surface area contributed by atoms with E-state index in [-0.39, 0.29) is 5.92 Å². The number of hydrogen-bond donors (Lipinski definition) is 0. The van der Waals surface area contributed by atoms with Crippen LogP contribution in [-0.2, 0) is 0 Å². The van der Waals surface area contributed by atoms with Gasteiger partial charge in [0.15, 0.2) is 0 Å². The molecule has 0 atom stereocenters. The third-order valence-electron chi connectivity index (χ3n) is 4.11. The summed E-state index contributed by atoms with van der Waals surface area (Å²) in [7, 11) is 0. The maximum Gasteiger partial charge on any atom is 0.0944 e. The van der Waals surface area contributed by atoms with Crippen molar-refractivity contribution in [3.05, 3.63) is 108 Å². The van der Waals surface area contributed by atoms with E-state index in [1.165, 1.54) is 16.7 Å². The molecular weight excluding hydrogens is 284 g/mol. The largest absolute Gasteiger partial charge is 0.472 e. The first-order valence-electron chi connectivity index (χ1n) is 7.62. The van der Waals surface area contributed by atoms with Gasteiger partial charge in [0.2, 0.25) is 0 Å². The van der Waals surface area contributed by atoms with Crippen molar-refractivity contribution in [2.45, 2.75) is 5.92 Å². The van der Waals surface area contributed by atoms with E-state index in [1.54, 1.807) is 25.1 Å². The topological polar surface area (TPSA) is 26.3 Å². The minimum absolute atomic E-state index is 0.0870. The van der Waals surface area contributed by atoms with Gasteiger partial charge in [-0.25, -0.2) is 0 Å². The predicted octanol–water partition coefficient (Wildman–Crippen LogP) is 5.72. The molecule has 4 rings (SSSR count). The van der Waals surface area contributed by atoms with Crippen molar-refractivity contribution >= 4 is 0 Å². The summed E-state index contributed by atoms with van der Waals surface area (Å²) in [5.41, 5.74) is 5.91. The van der Waals surface area contributed by atoms with Crippen LogP contribution in [0.5, 0.6) is 0 Å². The third-order valence-corrected chi connectivity index (χ3v) is 4.11. The fourth-order valence-corrected chi connectivity index (χ4v) is 3.06. The summed E-state index contributed by atoms with van der Waals surface area (Å²) in [4.78, 5) is 0. The molecule has 2 aromatic carbocycles. The summed E-state index contributed by atoms with van der Waals surface area (Å²) in [5.74, 6) is 0.0870. The molecule has 0 aliphatic carbocycles. The quantitative estimate of drug-likeness (QED) is 0.482. The monoisotopic (exact) mass is 300 g/mol. The van der Waals surface area contributed by atoms with Crippen LogP contribution in [0.2, 0.25) is 0 Å². The summed E-state index contributed by atoms with van der Waals surface area (Å²) >= 11 is 0. The number of hydrogen-bond acceptors (Lipinski definition) is 2. The molecule has 0 spiro atoms. The highest BCUT2D eigenvalue weighted by Gasteiger charge is 2.22. The maximum absolute atomic E-state index is 5.33. The lowest BCUT2D eigenvalue weighted by Crippen LogP contribution is -2.03. The zero-order valence-corrected chi connectivity index (χ0v) is 12.6. The fourth-order valence-electron chi connectivity index (χ4n) is 3.06. The molecule has 2 heterocycles. The van der Waals surface area contributed by atoms with Gasteiger partial charge in [-0.15, -0.1) is 0 Å². The van der Waals surface area contributed by atoms with Gasteiger partial charge in [0, 0.05) is 17.0 Å². The van der Waals surface area contributed by atoms with Crippen molar-refractivity contribution in [1.29, 1.82) is 0 Å². The smallest absolute Gasteiger partial charge is 0.0944 e. The van der Waals surface area contributed by atoms with Crippen LogP contribution in [-0.4, -0.2) is 0 Å². The second-order valence-corrected chi connectivity index (χ2v) is 5.50. The lowest BCUT2D eigenvalue weighted by molar-refractivity contribution is 0.559. The van der Waals surface area contributed by atoms with Gasteiger partial charge in [-0.05, 0) is 28.8 Å². The Bertz CT molecular complexity index is 825. The van der Waals surface area contributed by atoms with Crippen LogP contribution in [0.4, 0.5) is 0 Å². The molecule has 2 nitrogen and oxygen atoms in total. The van der Waals surface area contributed by atoms with Crippen LogP contribution in [0, 0.1) is 0 Å². The van der Waals surface area contributed by atoms with Gasteiger partial charge < -0.3 is 8.83 Å². The Morgan fingerprint density at radius 3 is 1.83 bits per heavy atom. The Morgan fingerprint density at radius 1 is 0.609 bits per heavy atom. The zero-order chi connectivity index (χ0) is 15.5. The molecule has 2 heteroatoms. The van der Waals surface area contributed by atoms with Crippen molar-refractivity contribution in [3.63, 3.8) is 0 Å². The van der Waals surface area contributed by atoms with Gasteiger partial charge in [0.25, 0.3) is 0 Å². The van der Waals surface area contributed by atoms with Crippen molar-refractivity contribution in [2.75, 3.05) is 0 Å². The normalized spacial score (nSPS) is 11.0. The Balaban J connectivity index is 1.91. The molecule has 0 amide bonds. The first-order chi connectivity index (χ1) is 11.4. The van der Waals surface area contributed by atoms with Crippen LogP contribution in [0.15, 0.2) is 101 Å². The molecule has 0 saturated heterocycles. The Kier molecular flexibility index (Phi) is 3.57. The van der Waals surface area contributed by atoms with E-state index in [9.17, 15) is 0 Å². The maximum atomic E-state index is 5.33. The van der Waals surface area contributed by atoms with E-state index in [0.717, 1.165) is 11.1 Å². The van der Waals surface area contributed by atoms with Gasteiger partial charge in [0.05, 0.1) is 25.1 Å². The van der Waals surface area contributed by atoms with Crippen LogP contribution in [0.1, 0.15) is 22.6 Å². The standard InChI is InChI=1S/C21H16O2/c1-2-6-16(7-3-1)19-8-4-5-9-20(19)21(17-10-12-22-14-17)18-11-13-23-15-18/h1-15,21H. The molecule has 23 heavy (non-hydrogen) atoms. The van der Waals surface area contributed by atoms with E-state index >= 15 is 0 Å². The lowest BCUT2D eigenvalue weighted by atomic mass is 9.83. The van der Waals surface area contributed by atoms with Crippen molar-refractivity contribution in [3.8, 4) is 11.1 Å². The first-order valence-corrected chi connectivity index (χ1v) is 7.62. The lowest BCUT2D eigenvalue weighted by Gasteiger charge is -2.18. The Labute approximate surface area is 135 Å². The Hall–Kier alpha value is -3.00. The molecule has 0 saturated carbocycles. The predicted molar refractivity (Wildman–Crippen MR) is 90.2 cm³/mol. The fraction of sp³-hybridized carbons (Fsp3) is 0.0476. The van der Waals surface area contributed by atoms with Crippen LogP contribution >= 0.6 is 0 Å². The average Bonchev–Trinajstić information content (AvgIpc) is 3.31. The van der Waals surface area contributed by atoms with Crippen LogP contribution in [0.25, 0.3) is 11.1 Å². The molecule has 0 N–H and O–H groups in total. The number of rotatable bonds is 4. The third kappa shape index (κ3) is 2.59. The molecule has 0 radical (unpaired) electrons. The molecule has 0 bridgehead atoms. The van der Waals surface area contributed by atoms with E-state index in [0.29, 0.717) is 0 Å². The molecule has 112 valence electrons. The van der Waals surface area contributed by atoms with Gasteiger partial charge >= 0.3 is 0 Å². The average molecular weight is 300 g/mol. The summed E-state index contributed by atoms with van der Waals surface area (Å²) in [6.07, 6.45) is 7.04. The molecule has 0 aliphatic rings. The minimum atomic E-state index is 0.0870. The van der Waals surface area contributed by atoms with Gasteiger partial charge in [0.1, 0.15) is 0 Å². The highest BCUT2D eigenvalue weighted by atomic mass is 16.3. The SMILES string of the molecule is c1ccc(-c2ccccc2C(c2ccoc2)c2ccoc2)cc1. The molecule has 2 aromatic heterocycles. The number of furan rings is 2.